The van der Waals surface area contributed by atoms with Gasteiger partial charge in [0.2, 0.25) is 17.7 Å². The zero-order valence-electron chi connectivity index (χ0n) is 22.7. The fourth-order valence-electron chi connectivity index (χ4n) is 4.94. The molecule has 3 aromatic carbocycles. The van der Waals surface area contributed by atoms with E-state index in [2.05, 4.69) is 10.6 Å². The molecule has 1 atom stereocenters. The van der Waals surface area contributed by atoms with Crippen LogP contribution in [0.25, 0.3) is 6.08 Å². The highest BCUT2D eigenvalue weighted by molar-refractivity contribution is 6.01. The van der Waals surface area contributed by atoms with E-state index in [0.717, 1.165) is 29.7 Å². The monoisotopic (exact) mass is 543 g/mol. The summed E-state index contributed by atoms with van der Waals surface area (Å²) in [5.41, 5.74) is 3.37. The minimum absolute atomic E-state index is 0.155. The van der Waals surface area contributed by atoms with Gasteiger partial charge in [0.25, 0.3) is 0 Å². The van der Waals surface area contributed by atoms with Crippen LogP contribution in [0.15, 0.2) is 78.9 Å². The molecule has 40 heavy (non-hydrogen) atoms. The van der Waals surface area contributed by atoms with Crippen LogP contribution in [0.5, 0.6) is 5.75 Å². The second-order valence-corrected chi connectivity index (χ2v) is 9.91. The Morgan fingerprint density at radius 2 is 1.75 bits per heavy atom. The van der Waals surface area contributed by atoms with Gasteiger partial charge in [0.1, 0.15) is 17.6 Å². The molecule has 0 aromatic heterocycles. The molecular weight excluding hydrogens is 509 g/mol. The SMILES string of the molecule is COc1cccc(/C=C/C(=O)Nc2ccc(C3CCN(C(=O)C(Cc4cccc(F)c4)NC(C)=O)CC3)cc2)c1. The molecule has 0 aliphatic carbocycles. The fraction of sp³-hybridized carbons (Fsp3) is 0.281. The molecule has 3 amide bonds. The molecule has 1 heterocycles. The normalized spacial score (nSPS) is 14.5. The number of halogens is 1. The summed E-state index contributed by atoms with van der Waals surface area (Å²) in [5, 5.41) is 5.61. The predicted molar refractivity (Wildman–Crippen MR) is 153 cm³/mol. The average molecular weight is 544 g/mol. The molecule has 208 valence electrons. The first-order valence-electron chi connectivity index (χ1n) is 13.3. The third-order valence-corrected chi connectivity index (χ3v) is 6.98. The van der Waals surface area contributed by atoms with Gasteiger partial charge in [0, 0.05) is 38.2 Å². The van der Waals surface area contributed by atoms with Gasteiger partial charge in [-0.15, -0.1) is 0 Å². The maximum absolute atomic E-state index is 13.6. The average Bonchev–Trinajstić information content (AvgIpc) is 2.96. The van der Waals surface area contributed by atoms with E-state index in [1.54, 1.807) is 30.2 Å². The van der Waals surface area contributed by atoms with E-state index in [-0.39, 0.29) is 35.9 Å². The van der Waals surface area contributed by atoms with Crippen LogP contribution in [0.3, 0.4) is 0 Å². The molecule has 1 fully saturated rings. The summed E-state index contributed by atoms with van der Waals surface area (Å²) in [6, 6.07) is 20.6. The molecule has 0 bridgehead atoms. The standard InChI is InChI=1S/C32H34FN3O4/c1-22(37)34-30(21-24-6-3-7-27(33)19-24)32(39)36-17-15-26(16-18-36)25-10-12-28(13-11-25)35-31(38)14-9-23-5-4-8-29(20-23)40-2/h3-14,19-20,26,30H,15-18,21H2,1-2H3,(H,34,37)(H,35,38)/b14-9+. The van der Waals surface area contributed by atoms with Gasteiger partial charge in [-0.25, -0.2) is 4.39 Å². The van der Waals surface area contributed by atoms with Crippen LogP contribution in [0.4, 0.5) is 10.1 Å². The van der Waals surface area contributed by atoms with Gasteiger partial charge in [-0.3, -0.25) is 14.4 Å². The van der Waals surface area contributed by atoms with Crippen LogP contribution in [0.2, 0.25) is 0 Å². The summed E-state index contributed by atoms with van der Waals surface area (Å²) in [4.78, 5) is 39.2. The molecule has 0 saturated carbocycles. The van der Waals surface area contributed by atoms with Gasteiger partial charge in [-0.2, -0.15) is 0 Å². The van der Waals surface area contributed by atoms with Gasteiger partial charge in [-0.05, 0) is 77.9 Å². The van der Waals surface area contributed by atoms with Gasteiger partial charge in [-0.1, -0.05) is 36.4 Å². The van der Waals surface area contributed by atoms with Crippen LogP contribution >= 0.6 is 0 Å². The Labute approximate surface area is 234 Å². The van der Waals surface area contributed by atoms with E-state index in [0.29, 0.717) is 24.3 Å². The quantitative estimate of drug-likeness (QED) is 0.375. The summed E-state index contributed by atoms with van der Waals surface area (Å²) in [6.07, 6.45) is 5.02. The van der Waals surface area contributed by atoms with Crippen molar-refractivity contribution >= 4 is 29.5 Å². The number of anilines is 1. The lowest BCUT2D eigenvalue weighted by atomic mass is 9.89. The minimum Gasteiger partial charge on any atom is -0.497 e. The van der Waals surface area contributed by atoms with E-state index in [1.807, 2.05) is 48.5 Å². The number of methoxy groups -OCH3 is 1. The molecular formula is C32H34FN3O4. The molecule has 1 aliphatic heterocycles. The zero-order chi connectivity index (χ0) is 28.5. The highest BCUT2D eigenvalue weighted by Gasteiger charge is 2.29. The second kappa shape index (κ2) is 13.6. The van der Waals surface area contributed by atoms with Crippen LogP contribution in [-0.4, -0.2) is 48.9 Å². The number of piperidine rings is 1. The van der Waals surface area contributed by atoms with Gasteiger partial charge in [0.05, 0.1) is 7.11 Å². The molecule has 2 N–H and O–H groups in total. The summed E-state index contributed by atoms with van der Waals surface area (Å²) < 4.78 is 18.8. The van der Waals surface area contributed by atoms with Crippen LogP contribution in [0, 0.1) is 5.82 Å². The number of carbonyl (C=O) groups is 3. The number of carbonyl (C=O) groups excluding carboxylic acids is 3. The Balaban J connectivity index is 1.30. The van der Waals surface area contributed by atoms with Crippen molar-refractivity contribution in [2.75, 3.05) is 25.5 Å². The van der Waals surface area contributed by atoms with E-state index in [9.17, 15) is 18.8 Å². The lowest BCUT2D eigenvalue weighted by Gasteiger charge is -2.34. The molecule has 8 heteroatoms. The summed E-state index contributed by atoms with van der Waals surface area (Å²) >= 11 is 0. The van der Waals surface area contributed by atoms with E-state index in [1.165, 1.54) is 25.1 Å². The predicted octanol–water partition coefficient (Wildman–Crippen LogP) is 4.94. The third kappa shape index (κ3) is 8.02. The lowest BCUT2D eigenvalue weighted by Crippen LogP contribution is -2.51. The zero-order valence-corrected chi connectivity index (χ0v) is 22.7. The number of hydrogen-bond acceptors (Lipinski definition) is 4. The highest BCUT2D eigenvalue weighted by Crippen LogP contribution is 2.29. The van der Waals surface area contributed by atoms with Crippen molar-refractivity contribution < 1.29 is 23.5 Å². The molecule has 7 nitrogen and oxygen atoms in total. The Kier molecular flexibility index (Phi) is 9.67. The van der Waals surface area contributed by atoms with Gasteiger partial charge in [0.15, 0.2) is 0 Å². The largest absolute Gasteiger partial charge is 0.497 e. The summed E-state index contributed by atoms with van der Waals surface area (Å²) in [5.74, 6) is -0.0449. The van der Waals surface area contributed by atoms with Crippen molar-refractivity contribution in [3.8, 4) is 5.75 Å². The molecule has 1 unspecified atom stereocenters. The topological polar surface area (TPSA) is 87.7 Å². The van der Waals surface area contributed by atoms with Crippen molar-refractivity contribution in [1.82, 2.24) is 10.2 Å². The smallest absolute Gasteiger partial charge is 0.248 e. The number of ether oxygens (including phenoxy) is 1. The van der Waals surface area contributed by atoms with Crippen LogP contribution in [-0.2, 0) is 20.8 Å². The number of likely N-dealkylation sites (tertiary alicyclic amines) is 1. The number of nitrogens with zero attached hydrogens (tertiary/aromatic N) is 1. The van der Waals surface area contributed by atoms with Gasteiger partial charge < -0.3 is 20.3 Å². The Morgan fingerprint density at radius 1 is 1.02 bits per heavy atom. The van der Waals surface area contributed by atoms with Crippen molar-refractivity contribution in [1.29, 1.82) is 0 Å². The van der Waals surface area contributed by atoms with E-state index in [4.69, 9.17) is 4.74 Å². The maximum atomic E-state index is 13.6. The summed E-state index contributed by atoms with van der Waals surface area (Å²) in [7, 11) is 1.60. The fourth-order valence-corrected chi connectivity index (χ4v) is 4.94. The van der Waals surface area contributed by atoms with E-state index < -0.39 is 6.04 Å². The molecule has 1 aliphatic rings. The van der Waals surface area contributed by atoms with Crippen molar-refractivity contribution in [3.63, 3.8) is 0 Å². The first-order chi connectivity index (χ1) is 19.3. The molecule has 0 spiro atoms. The van der Waals surface area contributed by atoms with Crippen molar-refractivity contribution in [3.05, 3.63) is 101 Å². The van der Waals surface area contributed by atoms with Crippen LogP contribution < -0.4 is 15.4 Å². The number of hydrogen-bond donors (Lipinski definition) is 2. The Bertz CT molecular complexity index is 1360. The number of benzene rings is 3. The Hall–Kier alpha value is -4.46. The highest BCUT2D eigenvalue weighted by atomic mass is 19.1. The third-order valence-electron chi connectivity index (χ3n) is 6.98. The molecule has 3 aromatic rings. The number of rotatable bonds is 9. The van der Waals surface area contributed by atoms with Crippen molar-refractivity contribution in [2.24, 2.45) is 0 Å². The first-order valence-corrected chi connectivity index (χ1v) is 13.3. The first kappa shape index (κ1) is 28.5. The molecule has 1 saturated heterocycles. The number of nitrogens with one attached hydrogen (secondary N) is 2. The minimum atomic E-state index is -0.739. The summed E-state index contributed by atoms with van der Waals surface area (Å²) in [6.45, 7) is 2.51. The van der Waals surface area contributed by atoms with E-state index >= 15 is 0 Å². The Morgan fingerprint density at radius 3 is 2.42 bits per heavy atom. The maximum Gasteiger partial charge on any atom is 0.248 e. The van der Waals surface area contributed by atoms with Crippen molar-refractivity contribution in [2.45, 2.75) is 38.1 Å². The molecule has 0 radical (unpaired) electrons. The molecule has 4 rings (SSSR count). The lowest BCUT2D eigenvalue weighted by molar-refractivity contribution is -0.137. The second-order valence-electron chi connectivity index (χ2n) is 9.91. The van der Waals surface area contributed by atoms with Crippen LogP contribution in [0.1, 0.15) is 42.4 Å². The van der Waals surface area contributed by atoms with Gasteiger partial charge >= 0.3 is 0 Å². The number of amides is 3.